The van der Waals surface area contributed by atoms with Gasteiger partial charge in [0.15, 0.2) is 0 Å². The van der Waals surface area contributed by atoms with Crippen molar-refractivity contribution in [2.45, 2.75) is 20.1 Å². The van der Waals surface area contributed by atoms with Gasteiger partial charge in [-0.25, -0.2) is 0 Å². The molecule has 1 aromatic heterocycles. The van der Waals surface area contributed by atoms with Crippen LogP contribution in [0.2, 0.25) is 0 Å². The van der Waals surface area contributed by atoms with E-state index in [2.05, 4.69) is 0 Å². The van der Waals surface area contributed by atoms with Crippen molar-refractivity contribution in [1.82, 2.24) is 0 Å². The number of carbonyl (C=O) groups excluding carboxylic acids is 1. The summed E-state index contributed by atoms with van der Waals surface area (Å²) < 4.78 is 10.4. The Balaban J connectivity index is 2.63. The lowest BCUT2D eigenvalue weighted by molar-refractivity contribution is -0.107. The molecule has 14 heavy (non-hydrogen) atoms. The highest BCUT2D eigenvalue weighted by molar-refractivity contribution is 7.12. The van der Waals surface area contributed by atoms with Crippen LogP contribution in [0.25, 0.3) is 0 Å². The molecule has 0 saturated carbocycles. The number of Topliss-reactive ketones (excluding diaryl/α,β-unsaturated/α-hetero) is 1. The minimum atomic E-state index is -0.747. The van der Waals surface area contributed by atoms with E-state index in [1.54, 1.807) is 6.07 Å². The zero-order valence-corrected chi connectivity index (χ0v) is 9.17. The van der Waals surface area contributed by atoms with Crippen molar-refractivity contribution in [2.24, 2.45) is 0 Å². The molecule has 0 radical (unpaired) electrons. The lowest BCUT2D eigenvalue weighted by Gasteiger charge is -2.14. The summed E-state index contributed by atoms with van der Waals surface area (Å²) in [7, 11) is 0. The van der Waals surface area contributed by atoms with Gasteiger partial charge in [-0.1, -0.05) is 6.07 Å². The third-order valence-corrected chi connectivity index (χ3v) is 2.50. The molecular weight excluding hydrogens is 200 g/mol. The minimum Gasteiger partial charge on any atom is -0.346 e. The molecule has 0 aromatic carbocycles. The first kappa shape index (κ1) is 11.4. The first-order chi connectivity index (χ1) is 6.79. The Kier molecular flexibility index (Phi) is 4.79. The van der Waals surface area contributed by atoms with Gasteiger partial charge >= 0.3 is 0 Å². The second kappa shape index (κ2) is 5.90. The number of carbonyl (C=O) groups is 1. The van der Waals surface area contributed by atoms with E-state index in [0.29, 0.717) is 18.1 Å². The molecule has 0 aliphatic heterocycles. The highest BCUT2D eigenvalue weighted by Crippen LogP contribution is 2.13. The van der Waals surface area contributed by atoms with Crippen molar-refractivity contribution in [3.05, 3.63) is 22.4 Å². The predicted octanol–water partition coefficient (Wildman–Crippen LogP) is 2.33. The van der Waals surface area contributed by atoms with Crippen LogP contribution in [-0.2, 0) is 9.47 Å². The number of ether oxygens (including phenoxy) is 2. The molecule has 0 aliphatic carbocycles. The van der Waals surface area contributed by atoms with E-state index in [1.165, 1.54) is 11.3 Å². The topological polar surface area (TPSA) is 35.5 Å². The van der Waals surface area contributed by atoms with Gasteiger partial charge in [-0.2, -0.15) is 0 Å². The van der Waals surface area contributed by atoms with Crippen LogP contribution in [0.4, 0.5) is 0 Å². The summed E-state index contributed by atoms with van der Waals surface area (Å²) in [5, 5.41) is 1.86. The second-order valence-corrected chi connectivity index (χ2v) is 3.53. The Morgan fingerprint density at radius 2 is 2.07 bits per heavy atom. The van der Waals surface area contributed by atoms with Gasteiger partial charge in [0.1, 0.15) is 0 Å². The average molecular weight is 214 g/mol. The fourth-order valence-electron chi connectivity index (χ4n) is 1.04. The number of ketones is 1. The number of hydrogen-bond acceptors (Lipinski definition) is 4. The van der Waals surface area contributed by atoms with E-state index in [1.807, 2.05) is 25.3 Å². The van der Waals surface area contributed by atoms with E-state index >= 15 is 0 Å². The molecule has 1 rings (SSSR count). The summed E-state index contributed by atoms with van der Waals surface area (Å²) in [6, 6.07) is 3.62. The molecule has 0 fully saturated rings. The van der Waals surface area contributed by atoms with Crippen LogP contribution < -0.4 is 0 Å². The van der Waals surface area contributed by atoms with E-state index in [4.69, 9.17) is 9.47 Å². The largest absolute Gasteiger partial charge is 0.346 e. The van der Waals surface area contributed by atoms with Gasteiger partial charge in [-0.15, -0.1) is 11.3 Å². The highest BCUT2D eigenvalue weighted by Gasteiger charge is 2.20. The van der Waals surface area contributed by atoms with Gasteiger partial charge in [0.2, 0.25) is 12.1 Å². The van der Waals surface area contributed by atoms with Crippen molar-refractivity contribution in [2.75, 3.05) is 13.2 Å². The third kappa shape index (κ3) is 2.90. The van der Waals surface area contributed by atoms with E-state index < -0.39 is 6.29 Å². The van der Waals surface area contributed by atoms with Gasteiger partial charge in [-0.3, -0.25) is 4.79 Å². The minimum absolute atomic E-state index is 0.0938. The first-order valence-corrected chi connectivity index (χ1v) is 5.48. The maximum atomic E-state index is 11.7. The Bertz CT molecular complexity index is 263. The monoisotopic (exact) mass is 214 g/mol. The molecule has 1 heterocycles. The summed E-state index contributed by atoms with van der Waals surface area (Å²) in [6.45, 7) is 4.63. The van der Waals surface area contributed by atoms with Crippen LogP contribution >= 0.6 is 11.3 Å². The highest BCUT2D eigenvalue weighted by atomic mass is 32.1. The first-order valence-electron chi connectivity index (χ1n) is 4.60. The summed E-state index contributed by atoms with van der Waals surface area (Å²) in [5.41, 5.74) is 0. The van der Waals surface area contributed by atoms with Crippen LogP contribution in [0.3, 0.4) is 0 Å². The molecule has 0 atom stereocenters. The standard InChI is InChI=1S/C10H14O3S/c1-3-12-10(13-4-2)9(11)8-6-5-7-14-8/h5-7,10H,3-4H2,1-2H3. The maximum Gasteiger partial charge on any atom is 0.228 e. The van der Waals surface area contributed by atoms with Crippen LogP contribution in [0.5, 0.6) is 0 Å². The molecule has 1 aromatic rings. The molecule has 0 unspecified atom stereocenters. The van der Waals surface area contributed by atoms with Gasteiger partial charge < -0.3 is 9.47 Å². The molecule has 0 saturated heterocycles. The van der Waals surface area contributed by atoms with Gasteiger partial charge in [0.25, 0.3) is 0 Å². The van der Waals surface area contributed by atoms with E-state index in [0.717, 1.165) is 0 Å². The molecule has 3 nitrogen and oxygen atoms in total. The van der Waals surface area contributed by atoms with Crippen LogP contribution in [0, 0.1) is 0 Å². The molecule has 4 heteroatoms. The third-order valence-electron chi connectivity index (χ3n) is 1.61. The summed E-state index contributed by atoms with van der Waals surface area (Å²) in [6.07, 6.45) is -0.747. The molecule has 0 bridgehead atoms. The Morgan fingerprint density at radius 3 is 2.50 bits per heavy atom. The van der Waals surface area contributed by atoms with Crippen LogP contribution in [0.1, 0.15) is 23.5 Å². The zero-order valence-electron chi connectivity index (χ0n) is 8.36. The van der Waals surface area contributed by atoms with Crippen LogP contribution in [-0.4, -0.2) is 25.3 Å². The maximum absolute atomic E-state index is 11.7. The Morgan fingerprint density at radius 1 is 1.43 bits per heavy atom. The fourth-order valence-corrected chi connectivity index (χ4v) is 1.71. The molecule has 0 spiro atoms. The van der Waals surface area contributed by atoms with Crippen molar-refractivity contribution in [1.29, 1.82) is 0 Å². The molecule has 0 amide bonds. The summed E-state index contributed by atoms with van der Waals surface area (Å²) in [5.74, 6) is -0.0938. The molecule has 0 N–H and O–H groups in total. The normalized spacial score (nSPS) is 10.8. The quantitative estimate of drug-likeness (QED) is 0.538. The second-order valence-electron chi connectivity index (χ2n) is 2.58. The summed E-state index contributed by atoms with van der Waals surface area (Å²) in [4.78, 5) is 12.4. The van der Waals surface area contributed by atoms with Crippen molar-refractivity contribution < 1.29 is 14.3 Å². The molecular formula is C10H14O3S. The smallest absolute Gasteiger partial charge is 0.228 e. The predicted molar refractivity (Wildman–Crippen MR) is 55.7 cm³/mol. The van der Waals surface area contributed by atoms with Crippen molar-refractivity contribution in [3.63, 3.8) is 0 Å². The van der Waals surface area contributed by atoms with Crippen molar-refractivity contribution in [3.8, 4) is 0 Å². The lowest BCUT2D eigenvalue weighted by atomic mass is 10.3. The van der Waals surface area contributed by atoms with Gasteiger partial charge in [0.05, 0.1) is 4.88 Å². The van der Waals surface area contributed by atoms with Crippen molar-refractivity contribution >= 4 is 17.1 Å². The van der Waals surface area contributed by atoms with E-state index in [-0.39, 0.29) is 5.78 Å². The van der Waals surface area contributed by atoms with E-state index in [9.17, 15) is 4.79 Å². The zero-order chi connectivity index (χ0) is 10.4. The summed E-state index contributed by atoms with van der Waals surface area (Å²) >= 11 is 1.40. The lowest BCUT2D eigenvalue weighted by Crippen LogP contribution is -2.27. The number of hydrogen-bond donors (Lipinski definition) is 0. The van der Waals surface area contributed by atoms with Crippen LogP contribution in [0.15, 0.2) is 17.5 Å². The average Bonchev–Trinajstić information content (AvgIpc) is 2.69. The van der Waals surface area contributed by atoms with Gasteiger partial charge in [-0.05, 0) is 25.3 Å². The molecule has 78 valence electrons. The van der Waals surface area contributed by atoms with Gasteiger partial charge in [0, 0.05) is 13.2 Å². The SMILES string of the molecule is CCOC(OCC)C(=O)c1cccs1. The Labute approximate surface area is 87.7 Å². The fraction of sp³-hybridized carbons (Fsp3) is 0.500. The molecule has 0 aliphatic rings. The number of thiophene rings is 1. The Hall–Kier alpha value is -0.710. The number of rotatable bonds is 6.